The number of halogens is 2. The average molecular weight is 307 g/mol. The van der Waals surface area contributed by atoms with Gasteiger partial charge in [-0.1, -0.05) is 23.2 Å². The monoisotopic (exact) mass is 306 g/mol. The lowest BCUT2D eigenvalue weighted by Gasteiger charge is -2.04. The van der Waals surface area contributed by atoms with Crippen molar-refractivity contribution in [3.63, 3.8) is 0 Å². The van der Waals surface area contributed by atoms with Gasteiger partial charge in [-0.15, -0.1) is 11.8 Å². The van der Waals surface area contributed by atoms with Gasteiger partial charge >= 0.3 is 5.97 Å². The van der Waals surface area contributed by atoms with Gasteiger partial charge in [-0.05, 0) is 25.1 Å². The molecule has 3 nitrogen and oxygen atoms in total. The molecule has 0 bridgehead atoms. The Labute approximate surface area is 120 Å². The second kappa shape index (κ2) is 7.67. The van der Waals surface area contributed by atoms with Crippen LogP contribution in [0.15, 0.2) is 23.1 Å². The Bertz CT molecular complexity index is 449. The van der Waals surface area contributed by atoms with Gasteiger partial charge in [0, 0.05) is 9.92 Å². The third-order valence-electron chi connectivity index (χ3n) is 1.93. The fourth-order valence-corrected chi connectivity index (χ4v) is 2.53. The van der Waals surface area contributed by atoms with E-state index in [0.717, 1.165) is 4.90 Å². The highest BCUT2D eigenvalue weighted by Crippen LogP contribution is 2.29. The first-order chi connectivity index (χ1) is 8.52. The third-order valence-corrected chi connectivity index (χ3v) is 3.72. The molecule has 0 aliphatic rings. The van der Waals surface area contributed by atoms with E-state index in [2.05, 4.69) is 0 Å². The predicted molar refractivity (Wildman–Crippen MR) is 73.4 cm³/mol. The van der Waals surface area contributed by atoms with E-state index in [1.54, 1.807) is 25.1 Å². The Balaban J connectivity index is 2.45. The van der Waals surface area contributed by atoms with Crippen LogP contribution in [-0.4, -0.2) is 24.1 Å². The topological polar surface area (TPSA) is 43.4 Å². The van der Waals surface area contributed by atoms with Crippen molar-refractivity contribution < 1.29 is 14.3 Å². The molecule has 0 aromatic heterocycles. The van der Waals surface area contributed by atoms with E-state index in [1.165, 1.54) is 11.8 Å². The van der Waals surface area contributed by atoms with Gasteiger partial charge in [-0.3, -0.25) is 9.59 Å². The molecule has 0 fully saturated rings. The molecule has 6 heteroatoms. The highest BCUT2D eigenvalue weighted by atomic mass is 35.5. The molecule has 0 aliphatic heterocycles. The van der Waals surface area contributed by atoms with Crippen molar-refractivity contribution >= 4 is 46.7 Å². The molecule has 0 saturated heterocycles. The molecule has 0 saturated carbocycles. The Kier molecular flexibility index (Phi) is 6.54. The molecular formula is C12H12Cl2O3S. The summed E-state index contributed by atoms with van der Waals surface area (Å²) in [6.07, 6.45) is -0.202. The van der Waals surface area contributed by atoms with Crippen molar-refractivity contribution in [2.24, 2.45) is 0 Å². The fraction of sp³-hybridized carbons (Fsp3) is 0.333. The van der Waals surface area contributed by atoms with E-state index in [0.29, 0.717) is 10.0 Å². The smallest absolute Gasteiger partial charge is 0.313 e. The van der Waals surface area contributed by atoms with Crippen LogP contribution in [0.1, 0.15) is 13.3 Å². The molecule has 1 aromatic rings. The highest BCUT2D eigenvalue weighted by molar-refractivity contribution is 8.00. The maximum absolute atomic E-state index is 11.5. The molecule has 0 spiro atoms. The van der Waals surface area contributed by atoms with E-state index in [-0.39, 0.29) is 24.6 Å². The molecule has 98 valence electrons. The summed E-state index contributed by atoms with van der Waals surface area (Å²) in [5, 5.41) is 1.04. The van der Waals surface area contributed by atoms with Gasteiger partial charge < -0.3 is 4.74 Å². The van der Waals surface area contributed by atoms with Gasteiger partial charge in [0.1, 0.15) is 6.42 Å². The predicted octanol–water partition coefficient (Wildman–Crippen LogP) is 3.61. The van der Waals surface area contributed by atoms with E-state index < -0.39 is 5.97 Å². The summed E-state index contributed by atoms with van der Waals surface area (Å²) in [5.41, 5.74) is 0. The van der Waals surface area contributed by atoms with Crippen LogP contribution in [0.25, 0.3) is 0 Å². The highest BCUT2D eigenvalue weighted by Gasteiger charge is 2.11. The zero-order valence-corrected chi connectivity index (χ0v) is 12.1. The molecule has 0 N–H and O–H groups in total. The molecule has 0 aliphatic carbocycles. The SMILES string of the molecule is CCOC(=O)CC(=O)CSc1ccc(Cl)cc1Cl. The minimum Gasteiger partial charge on any atom is -0.466 e. The summed E-state index contributed by atoms with van der Waals surface area (Å²) < 4.78 is 4.69. The quantitative estimate of drug-likeness (QED) is 0.457. The number of carbonyl (C=O) groups is 2. The Morgan fingerprint density at radius 1 is 1.33 bits per heavy atom. The summed E-state index contributed by atoms with van der Waals surface area (Å²) in [4.78, 5) is 23.3. The zero-order chi connectivity index (χ0) is 13.5. The minimum absolute atomic E-state index is 0.181. The molecule has 0 heterocycles. The van der Waals surface area contributed by atoms with Gasteiger partial charge in [-0.25, -0.2) is 0 Å². The first-order valence-electron chi connectivity index (χ1n) is 5.28. The van der Waals surface area contributed by atoms with Crippen LogP contribution in [0.2, 0.25) is 10.0 Å². The van der Waals surface area contributed by atoms with Crippen LogP contribution in [0, 0.1) is 0 Å². The number of hydrogen-bond donors (Lipinski definition) is 0. The Hall–Kier alpha value is -0.710. The van der Waals surface area contributed by atoms with E-state index in [9.17, 15) is 9.59 Å². The fourth-order valence-electron chi connectivity index (χ4n) is 1.17. The van der Waals surface area contributed by atoms with E-state index in [1.807, 2.05) is 0 Å². The summed E-state index contributed by atoms with van der Waals surface area (Å²) in [7, 11) is 0. The zero-order valence-electron chi connectivity index (χ0n) is 9.74. The summed E-state index contributed by atoms with van der Waals surface area (Å²) in [6, 6.07) is 5.06. The van der Waals surface area contributed by atoms with Crippen LogP contribution in [0.4, 0.5) is 0 Å². The summed E-state index contributed by atoms with van der Waals surface area (Å²) in [6.45, 7) is 1.98. The van der Waals surface area contributed by atoms with Crippen LogP contribution >= 0.6 is 35.0 Å². The van der Waals surface area contributed by atoms with Gasteiger partial charge in [0.2, 0.25) is 0 Å². The minimum atomic E-state index is -0.495. The maximum atomic E-state index is 11.5. The molecule has 0 atom stereocenters. The lowest BCUT2D eigenvalue weighted by atomic mass is 10.3. The number of esters is 1. The lowest BCUT2D eigenvalue weighted by Crippen LogP contribution is -2.12. The van der Waals surface area contributed by atoms with Gasteiger partial charge in [0.15, 0.2) is 5.78 Å². The number of carbonyl (C=O) groups excluding carboxylic acids is 2. The summed E-state index contributed by atoms with van der Waals surface area (Å²) >= 11 is 13.0. The van der Waals surface area contributed by atoms with E-state index in [4.69, 9.17) is 27.9 Å². The van der Waals surface area contributed by atoms with E-state index >= 15 is 0 Å². The largest absolute Gasteiger partial charge is 0.466 e. The number of hydrogen-bond acceptors (Lipinski definition) is 4. The van der Waals surface area contributed by atoms with Crippen molar-refractivity contribution in [1.82, 2.24) is 0 Å². The average Bonchev–Trinajstić information content (AvgIpc) is 2.28. The number of Topliss-reactive ketones (excluding diaryl/α,β-unsaturated/α-hetero) is 1. The molecule has 18 heavy (non-hydrogen) atoms. The van der Waals surface area contributed by atoms with Gasteiger partial charge in [0.05, 0.1) is 17.4 Å². The molecule has 0 radical (unpaired) electrons. The van der Waals surface area contributed by atoms with Crippen molar-refractivity contribution in [1.29, 1.82) is 0 Å². The maximum Gasteiger partial charge on any atom is 0.313 e. The first kappa shape index (κ1) is 15.3. The standard InChI is InChI=1S/C12H12Cl2O3S/c1-2-17-12(16)6-9(15)7-18-11-4-3-8(13)5-10(11)14/h3-5H,2,6-7H2,1H3. The third kappa shape index (κ3) is 5.29. The van der Waals surface area contributed by atoms with Crippen LogP contribution in [0.3, 0.4) is 0 Å². The Morgan fingerprint density at radius 2 is 2.06 bits per heavy atom. The van der Waals surface area contributed by atoms with Crippen molar-refractivity contribution in [3.8, 4) is 0 Å². The number of thioether (sulfide) groups is 1. The van der Waals surface area contributed by atoms with Crippen LogP contribution < -0.4 is 0 Å². The number of ether oxygens (including phenoxy) is 1. The number of rotatable bonds is 6. The van der Waals surface area contributed by atoms with Crippen molar-refractivity contribution in [2.75, 3.05) is 12.4 Å². The van der Waals surface area contributed by atoms with Crippen LogP contribution in [-0.2, 0) is 14.3 Å². The second-order valence-corrected chi connectivity index (χ2v) is 5.24. The first-order valence-corrected chi connectivity index (χ1v) is 7.02. The number of ketones is 1. The Morgan fingerprint density at radius 3 is 2.67 bits per heavy atom. The second-order valence-electron chi connectivity index (χ2n) is 3.38. The molecule has 1 aromatic carbocycles. The van der Waals surface area contributed by atoms with Gasteiger partial charge in [-0.2, -0.15) is 0 Å². The molecular weight excluding hydrogens is 295 g/mol. The molecule has 0 amide bonds. The molecule has 0 unspecified atom stereocenters. The summed E-state index contributed by atoms with van der Waals surface area (Å²) in [5.74, 6) is -0.505. The van der Waals surface area contributed by atoms with Crippen LogP contribution in [0.5, 0.6) is 0 Å². The lowest BCUT2D eigenvalue weighted by molar-refractivity contribution is -0.145. The van der Waals surface area contributed by atoms with Crippen molar-refractivity contribution in [2.45, 2.75) is 18.2 Å². The normalized spacial score (nSPS) is 10.2. The van der Waals surface area contributed by atoms with Crippen molar-refractivity contribution in [3.05, 3.63) is 28.2 Å². The number of benzene rings is 1. The molecule has 1 rings (SSSR count). The van der Waals surface area contributed by atoms with Gasteiger partial charge in [0.25, 0.3) is 0 Å².